The van der Waals surface area contributed by atoms with Crippen LogP contribution in [0, 0.1) is 11.3 Å². The second-order valence-corrected chi connectivity index (χ2v) is 4.39. The SMILES string of the molecule is CCCCCCCNc1nc(OC)c(C#N)c(OC)n1. The Labute approximate surface area is 120 Å². The van der Waals surface area contributed by atoms with Gasteiger partial charge in [-0.1, -0.05) is 32.6 Å². The van der Waals surface area contributed by atoms with E-state index in [9.17, 15) is 0 Å². The molecule has 0 unspecified atom stereocenters. The third kappa shape index (κ3) is 4.57. The van der Waals surface area contributed by atoms with Crippen molar-refractivity contribution in [3.8, 4) is 17.8 Å². The lowest BCUT2D eigenvalue weighted by Gasteiger charge is -2.10. The van der Waals surface area contributed by atoms with Gasteiger partial charge in [0.1, 0.15) is 6.07 Å². The van der Waals surface area contributed by atoms with Crippen LogP contribution >= 0.6 is 0 Å². The fraction of sp³-hybridized carbons (Fsp3) is 0.643. The summed E-state index contributed by atoms with van der Waals surface area (Å²) in [5.41, 5.74) is 0.212. The summed E-state index contributed by atoms with van der Waals surface area (Å²) >= 11 is 0. The van der Waals surface area contributed by atoms with Gasteiger partial charge in [-0.2, -0.15) is 15.2 Å². The first-order valence-corrected chi connectivity index (χ1v) is 6.90. The number of hydrogen-bond donors (Lipinski definition) is 1. The average molecular weight is 278 g/mol. The number of aromatic nitrogens is 2. The first-order valence-electron chi connectivity index (χ1n) is 6.90. The Kier molecular flexibility index (Phi) is 7.18. The minimum absolute atomic E-state index is 0.212. The summed E-state index contributed by atoms with van der Waals surface area (Å²) in [4.78, 5) is 8.32. The van der Waals surface area contributed by atoms with Gasteiger partial charge in [0, 0.05) is 6.54 Å². The molecule has 0 atom stereocenters. The molecule has 0 aromatic carbocycles. The molecular formula is C14H22N4O2. The first kappa shape index (κ1) is 16.0. The summed E-state index contributed by atoms with van der Waals surface area (Å²) in [6.07, 6.45) is 6.01. The topological polar surface area (TPSA) is 80.1 Å². The molecule has 0 aliphatic heterocycles. The van der Waals surface area contributed by atoms with Crippen molar-refractivity contribution in [2.24, 2.45) is 0 Å². The van der Waals surface area contributed by atoms with Crippen molar-refractivity contribution in [3.05, 3.63) is 5.56 Å². The van der Waals surface area contributed by atoms with E-state index in [1.807, 2.05) is 6.07 Å². The minimum atomic E-state index is 0.212. The maximum atomic E-state index is 9.04. The predicted molar refractivity (Wildman–Crippen MR) is 77.1 cm³/mol. The zero-order valence-corrected chi connectivity index (χ0v) is 12.4. The maximum absolute atomic E-state index is 9.04. The summed E-state index contributed by atoms with van der Waals surface area (Å²) in [6, 6.07) is 1.98. The molecule has 110 valence electrons. The molecule has 6 heteroatoms. The lowest BCUT2D eigenvalue weighted by molar-refractivity contribution is 0.370. The number of unbranched alkanes of at least 4 members (excludes halogenated alkanes) is 4. The van der Waals surface area contributed by atoms with E-state index >= 15 is 0 Å². The van der Waals surface area contributed by atoms with Crippen LogP contribution in [0.5, 0.6) is 11.8 Å². The van der Waals surface area contributed by atoms with Crippen LogP contribution in [-0.2, 0) is 0 Å². The molecule has 1 heterocycles. The van der Waals surface area contributed by atoms with E-state index in [2.05, 4.69) is 22.2 Å². The first-order chi connectivity index (χ1) is 9.76. The summed E-state index contributed by atoms with van der Waals surface area (Å²) in [7, 11) is 2.94. The standard InChI is InChI=1S/C14H22N4O2/c1-4-5-6-7-8-9-16-14-17-12(19-2)11(10-15)13(18-14)20-3/h4-9H2,1-3H3,(H,16,17,18). The molecule has 1 N–H and O–H groups in total. The highest BCUT2D eigenvalue weighted by atomic mass is 16.5. The summed E-state index contributed by atoms with van der Waals surface area (Å²) in [5.74, 6) is 0.883. The van der Waals surface area contributed by atoms with E-state index in [0.29, 0.717) is 5.95 Å². The summed E-state index contributed by atoms with van der Waals surface area (Å²) in [5, 5.41) is 12.2. The molecule has 1 rings (SSSR count). The van der Waals surface area contributed by atoms with E-state index in [-0.39, 0.29) is 17.3 Å². The van der Waals surface area contributed by atoms with Gasteiger partial charge >= 0.3 is 0 Å². The van der Waals surface area contributed by atoms with Crippen LogP contribution in [0.4, 0.5) is 5.95 Å². The number of nitrogens with zero attached hydrogens (tertiary/aromatic N) is 3. The van der Waals surface area contributed by atoms with E-state index in [4.69, 9.17) is 14.7 Å². The molecule has 0 spiro atoms. The molecule has 0 fully saturated rings. The largest absolute Gasteiger partial charge is 0.480 e. The second kappa shape index (κ2) is 8.97. The van der Waals surface area contributed by atoms with Gasteiger partial charge in [0.05, 0.1) is 14.2 Å². The molecule has 0 aliphatic carbocycles. The van der Waals surface area contributed by atoms with Gasteiger partial charge in [-0.3, -0.25) is 0 Å². The van der Waals surface area contributed by atoms with E-state index in [1.54, 1.807) is 0 Å². The van der Waals surface area contributed by atoms with E-state index in [0.717, 1.165) is 13.0 Å². The molecule has 0 saturated carbocycles. The Morgan fingerprint density at radius 2 is 1.65 bits per heavy atom. The molecular weight excluding hydrogens is 256 g/mol. The molecule has 0 saturated heterocycles. The van der Waals surface area contributed by atoms with Crippen LogP contribution in [-0.4, -0.2) is 30.7 Å². The number of hydrogen-bond acceptors (Lipinski definition) is 6. The fourth-order valence-electron chi connectivity index (χ4n) is 1.82. The molecule has 0 bridgehead atoms. The highest BCUT2D eigenvalue weighted by Gasteiger charge is 2.15. The van der Waals surface area contributed by atoms with Crippen molar-refractivity contribution < 1.29 is 9.47 Å². The number of ether oxygens (including phenoxy) is 2. The average Bonchev–Trinajstić information content (AvgIpc) is 2.49. The number of nitriles is 1. The Balaban J connectivity index is 2.60. The van der Waals surface area contributed by atoms with Crippen LogP contribution in [0.3, 0.4) is 0 Å². The molecule has 1 aromatic rings. The predicted octanol–water partition coefficient (Wildman–Crippen LogP) is 2.75. The Bertz CT molecular complexity index is 432. The molecule has 0 radical (unpaired) electrons. The molecule has 1 aromatic heterocycles. The lowest BCUT2D eigenvalue weighted by Crippen LogP contribution is -2.08. The highest BCUT2D eigenvalue weighted by molar-refractivity contribution is 5.49. The van der Waals surface area contributed by atoms with Gasteiger partial charge in [-0.15, -0.1) is 0 Å². The van der Waals surface area contributed by atoms with Crippen molar-refractivity contribution in [2.45, 2.75) is 39.0 Å². The zero-order valence-electron chi connectivity index (χ0n) is 12.4. The maximum Gasteiger partial charge on any atom is 0.240 e. The number of rotatable bonds is 9. The van der Waals surface area contributed by atoms with E-state index < -0.39 is 0 Å². The van der Waals surface area contributed by atoms with Gasteiger partial charge in [0.25, 0.3) is 0 Å². The molecule has 0 aliphatic rings. The van der Waals surface area contributed by atoms with Crippen LogP contribution in [0.15, 0.2) is 0 Å². The van der Waals surface area contributed by atoms with Crippen molar-refractivity contribution in [1.29, 1.82) is 5.26 Å². The highest BCUT2D eigenvalue weighted by Crippen LogP contribution is 2.25. The van der Waals surface area contributed by atoms with Crippen molar-refractivity contribution in [2.75, 3.05) is 26.1 Å². The van der Waals surface area contributed by atoms with Gasteiger partial charge in [0.2, 0.25) is 17.7 Å². The van der Waals surface area contributed by atoms with E-state index in [1.165, 1.54) is 39.9 Å². The minimum Gasteiger partial charge on any atom is -0.480 e. The third-order valence-electron chi connectivity index (χ3n) is 2.90. The quantitative estimate of drug-likeness (QED) is 0.700. The molecule has 6 nitrogen and oxygen atoms in total. The van der Waals surface area contributed by atoms with Crippen LogP contribution in [0.25, 0.3) is 0 Å². The van der Waals surface area contributed by atoms with Crippen LogP contribution in [0.2, 0.25) is 0 Å². The third-order valence-corrected chi connectivity index (χ3v) is 2.90. The van der Waals surface area contributed by atoms with Crippen LogP contribution < -0.4 is 14.8 Å². The van der Waals surface area contributed by atoms with Gasteiger partial charge in [-0.25, -0.2) is 0 Å². The van der Waals surface area contributed by atoms with Crippen molar-refractivity contribution >= 4 is 5.95 Å². The Morgan fingerprint density at radius 1 is 1.05 bits per heavy atom. The van der Waals surface area contributed by atoms with Gasteiger partial charge in [-0.05, 0) is 6.42 Å². The number of nitrogens with one attached hydrogen (secondary N) is 1. The lowest BCUT2D eigenvalue weighted by atomic mass is 10.1. The summed E-state index contributed by atoms with van der Waals surface area (Å²) in [6.45, 7) is 2.99. The van der Waals surface area contributed by atoms with Gasteiger partial charge in [0.15, 0.2) is 5.56 Å². The Hall–Kier alpha value is -2.03. The molecule has 0 amide bonds. The fourth-order valence-corrected chi connectivity index (χ4v) is 1.82. The van der Waals surface area contributed by atoms with Crippen molar-refractivity contribution in [3.63, 3.8) is 0 Å². The smallest absolute Gasteiger partial charge is 0.240 e. The number of anilines is 1. The monoisotopic (exact) mass is 278 g/mol. The molecule has 20 heavy (non-hydrogen) atoms. The normalized spacial score (nSPS) is 9.90. The van der Waals surface area contributed by atoms with Gasteiger partial charge < -0.3 is 14.8 Å². The Morgan fingerprint density at radius 3 is 2.15 bits per heavy atom. The number of methoxy groups -OCH3 is 2. The second-order valence-electron chi connectivity index (χ2n) is 4.39. The zero-order chi connectivity index (χ0) is 14.8. The van der Waals surface area contributed by atoms with Crippen LogP contribution in [0.1, 0.15) is 44.6 Å². The summed E-state index contributed by atoms with van der Waals surface area (Å²) < 4.78 is 10.2. The van der Waals surface area contributed by atoms with Crippen molar-refractivity contribution in [1.82, 2.24) is 9.97 Å².